The first kappa shape index (κ1) is 39.3. The number of H-pyrrole nitrogens is 3. The fourth-order valence-corrected chi connectivity index (χ4v) is 5.69. The van der Waals surface area contributed by atoms with Gasteiger partial charge in [-0.1, -0.05) is 58.3 Å². The first-order chi connectivity index (χ1) is 25.4. The molecule has 3 atom stereocenters. The number of aromatic amines is 3. The van der Waals surface area contributed by atoms with Crippen molar-refractivity contribution < 1.29 is 28.7 Å². The minimum atomic E-state index is -1.15. The highest BCUT2D eigenvalue weighted by Gasteiger charge is 2.31. The molecular formula is C37H51N9O6. The van der Waals surface area contributed by atoms with Gasteiger partial charge in [-0.05, 0) is 30.7 Å². The Balaban J connectivity index is 1.37. The smallest absolute Gasteiger partial charge is 0.328 e. The van der Waals surface area contributed by atoms with Crippen LogP contribution in [0.1, 0.15) is 92.2 Å². The molecule has 0 unspecified atom stereocenters. The highest BCUT2D eigenvalue weighted by Crippen LogP contribution is 2.15. The largest absolute Gasteiger partial charge is 0.494 e. The lowest BCUT2D eigenvalue weighted by molar-refractivity contribution is -0.145. The fourth-order valence-electron chi connectivity index (χ4n) is 5.69. The van der Waals surface area contributed by atoms with Crippen molar-refractivity contribution in [2.45, 2.75) is 102 Å². The summed E-state index contributed by atoms with van der Waals surface area (Å²) >= 11 is 0. The zero-order valence-corrected chi connectivity index (χ0v) is 30.0. The lowest BCUT2D eigenvalue weighted by Gasteiger charge is -2.24. The van der Waals surface area contributed by atoms with E-state index in [1.54, 1.807) is 30.5 Å². The van der Waals surface area contributed by atoms with Crippen LogP contribution in [0.4, 0.5) is 0 Å². The van der Waals surface area contributed by atoms with Crippen LogP contribution in [0.25, 0.3) is 0 Å². The number of carbonyl (C=O) groups is 4. The van der Waals surface area contributed by atoms with Crippen LogP contribution in [0, 0.1) is 0 Å². The number of nitrogens with zero attached hydrogens (tertiary/aromatic N) is 3. The van der Waals surface area contributed by atoms with Gasteiger partial charge in [-0.15, -0.1) is 0 Å². The molecule has 4 rings (SSSR count). The first-order valence-electron chi connectivity index (χ1n) is 18.0. The molecule has 3 amide bonds. The number of amides is 3. The first-order valence-corrected chi connectivity index (χ1v) is 18.0. The minimum Gasteiger partial charge on any atom is -0.494 e. The van der Waals surface area contributed by atoms with E-state index in [4.69, 9.17) is 9.47 Å². The van der Waals surface area contributed by atoms with Crippen molar-refractivity contribution in [1.82, 2.24) is 45.9 Å². The monoisotopic (exact) mass is 717 g/mol. The summed E-state index contributed by atoms with van der Waals surface area (Å²) < 4.78 is 10.8. The maximum atomic E-state index is 13.8. The minimum absolute atomic E-state index is 0.0285. The number of methoxy groups -OCH3 is 1. The summed E-state index contributed by atoms with van der Waals surface area (Å²) in [6, 6.07) is 3.47. The normalized spacial score (nSPS) is 12.7. The number of rotatable bonds is 24. The molecule has 0 aliphatic rings. The van der Waals surface area contributed by atoms with Crippen molar-refractivity contribution in [1.29, 1.82) is 0 Å². The highest BCUT2D eigenvalue weighted by atomic mass is 16.5. The van der Waals surface area contributed by atoms with Crippen LogP contribution in [0.2, 0.25) is 0 Å². The fraction of sp³-hybridized carbons (Fsp3) is 0.486. The van der Waals surface area contributed by atoms with E-state index in [1.807, 2.05) is 0 Å². The van der Waals surface area contributed by atoms with Gasteiger partial charge in [0.15, 0.2) is 0 Å². The number of nitrogens with one attached hydrogen (secondary N) is 6. The third kappa shape index (κ3) is 13.3. The summed E-state index contributed by atoms with van der Waals surface area (Å²) in [4.78, 5) is 74.3. The molecule has 0 aliphatic carbocycles. The summed E-state index contributed by atoms with van der Waals surface area (Å²) in [6.07, 6.45) is 20.3. The van der Waals surface area contributed by atoms with Gasteiger partial charge in [-0.3, -0.25) is 14.4 Å². The Hall–Kier alpha value is -5.47. The number of imidazole rings is 3. The van der Waals surface area contributed by atoms with E-state index < -0.39 is 41.8 Å². The number of unbranched alkanes of at least 4 members (excludes halogenated alkanes) is 8. The molecule has 4 aromatic rings. The summed E-state index contributed by atoms with van der Waals surface area (Å²) in [6.45, 7) is 2.83. The molecule has 0 aliphatic heterocycles. The van der Waals surface area contributed by atoms with Gasteiger partial charge in [0.25, 0.3) is 5.91 Å². The third-order valence-corrected chi connectivity index (χ3v) is 8.63. The molecule has 0 spiro atoms. The van der Waals surface area contributed by atoms with Crippen molar-refractivity contribution in [2.24, 2.45) is 0 Å². The third-order valence-electron chi connectivity index (χ3n) is 8.63. The summed E-state index contributed by atoms with van der Waals surface area (Å²) in [5, 5.41) is 8.26. The Bertz CT molecular complexity index is 1610. The van der Waals surface area contributed by atoms with E-state index in [1.165, 1.54) is 83.4 Å². The number of hydrogen-bond donors (Lipinski definition) is 6. The van der Waals surface area contributed by atoms with Crippen molar-refractivity contribution in [2.75, 3.05) is 13.7 Å². The van der Waals surface area contributed by atoms with E-state index in [0.29, 0.717) is 35.0 Å². The van der Waals surface area contributed by atoms with Gasteiger partial charge < -0.3 is 40.4 Å². The number of carbonyl (C=O) groups excluding carboxylic acids is 4. The summed E-state index contributed by atoms with van der Waals surface area (Å²) in [5.41, 5.74) is 2.10. The Morgan fingerprint density at radius 3 is 1.58 bits per heavy atom. The molecule has 0 saturated carbocycles. The van der Waals surface area contributed by atoms with Crippen LogP contribution in [-0.2, 0) is 38.4 Å². The van der Waals surface area contributed by atoms with Gasteiger partial charge in [-0.2, -0.15) is 0 Å². The predicted molar refractivity (Wildman–Crippen MR) is 193 cm³/mol. The number of aromatic nitrogens is 6. The van der Waals surface area contributed by atoms with Crippen LogP contribution in [0.15, 0.2) is 61.8 Å². The van der Waals surface area contributed by atoms with Crippen molar-refractivity contribution in [3.8, 4) is 5.75 Å². The molecule has 0 fully saturated rings. The molecule has 6 N–H and O–H groups in total. The van der Waals surface area contributed by atoms with E-state index in [-0.39, 0.29) is 19.3 Å². The van der Waals surface area contributed by atoms with Crippen molar-refractivity contribution in [3.05, 3.63) is 84.5 Å². The van der Waals surface area contributed by atoms with Gasteiger partial charge in [0.05, 0.1) is 32.7 Å². The van der Waals surface area contributed by atoms with Crippen LogP contribution >= 0.6 is 0 Å². The molecule has 280 valence electrons. The van der Waals surface area contributed by atoms with Gasteiger partial charge in [0.1, 0.15) is 23.9 Å². The summed E-state index contributed by atoms with van der Waals surface area (Å²) in [7, 11) is 1.22. The molecular weight excluding hydrogens is 666 g/mol. The lowest BCUT2D eigenvalue weighted by Crippen LogP contribution is -2.57. The van der Waals surface area contributed by atoms with Crippen LogP contribution < -0.4 is 20.7 Å². The Kier molecular flexibility index (Phi) is 16.4. The zero-order chi connectivity index (χ0) is 37.0. The van der Waals surface area contributed by atoms with E-state index in [2.05, 4.69) is 52.8 Å². The standard InChI is InChI=1S/C37H51N9O6/c1-3-4-5-6-7-8-9-10-11-16-52-30-14-12-26(13-15-30)34(47)44-31(17-27-20-38-23-41-27)35(48)45-32(18-28-21-39-24-42-28)36(49)46-33(37(50)51-2)19-29-22-40-25-43-29/h12-15,20-25,31-33H,3-11,16-19H2,1-2H3,(H,38,41)(H,39,42)(H,40,43)(H,44,47)(H,45,48)(H,46,49)/t31-,32-,33-/m0/s1. The Labute approximate surface area is 303 Å². The van der Waals surface area contributed by atoms with Gasteiger partial charge >= 0.3 is 5.97 Å². The zero-order valence-electron chi connectivity index (χ0n) is 30.0. The Morgan fingerprint density at radius 2 is 1.10 bits per heavy atom. The van der Waals surface area contributed by atoms with Crippen LogP contribution in [0.3, 0.4) is 0 Å². The maximum absolute atomic E-state index is 13.8. The molecule has 15 heteroatoms. The van der Waals surface area contributed by atoms with E-state index in [0.717, 1.165) is 12.8 Å². The van der Waals surface area contributed by atoms with E-state index in [9.17, 15) is 19.2 Å². The summed E-state index contributed by atoms with van der Waals surface area (Å²) in [5.74, 6) is -1.74. The highest BCUT2D eigenvalue weighted by molar-refractivity contribution is 5.98. The SMILES string of the molecule is CCCCCCCCCCCOc1ccc(C(=O)N[C@@H](Cc2cnc[nH]2)C(=O)N[C@@H](Cc2cnc[nH]2)C(=O)N[C@@H](Cc2cnc[nH]2)C(=O)OC)cc1. The predicted octanol–water partition coefficient (Wildman–Crippen LogP) is 3.73. The second-order valence-corrected chi connectivity index (χ2v) is 12.7. The molecule has 3 aromatic heterocycles. The van der Waals surface area contributed by atoms with Gasteiger partial charge in [-0.25, -0.2) is 19.7 Å². The quantitative estimate of drug-likeness (QED) is 0.0460. The Morgan fingerprint density at radius 1 is 0.635 bits per heavy atom. The van der Waals surface area contributed by atoms with Crippen molar-refractivity contribution in [3.63, 3.8) is 0 Å². The number of esters is 1. The number of benzene rings is 1. The average Bonchev–Trinajstić information content (AvgIpc) is 3.97. The van der Waals surface area contributed by atoms with Crippen molar-refractivity contribution >= 4 is 23.7 Å². The van der Waals surface area contributed by atoms with Gasteiger partial charge in [0.2, 0.25) is 11.8 Å². The molecule has 0 radical (unpaired) electrons. The lowest BCUT2D eigenvalue weighted by atomic mass is 10.1. The maximum Gasteiger partial charge on any atom is 0.328 e. The van der Waals surface area contributed by atoms with Crippen LogP contribution in [-0.4, -0.2) is 85.4 Å². The topological polar surface area (TPSA) is 209 Å². The average molecular weight is 718 g/mol. The number of hydrogen-bond acceptors (Lipinski definition) is 9. The number of ether oxygens (including phenoxy) is 2. The molecule has 3 heterocycles. The molecule has 0 bridgehead atoms. The molecule has 0 saturated heterocycles. The second-order valence-electron chi connectivity index (χ2n) is 12.7. The van der Waals surface area contributed by atoms with E-state index >= 15 is 0 Å². The molecule has 1 aromatic carbocycles. The second kappa shape index (κ2) is 21.7. The van der Waals surface area contributed by atoms with Gasteiger partial charge in [0, 0.05) is 60.5 Å². The molecule has 15 nitrogen and oxygen atoms in total. The van der Waals surface area contributed by atoms with Crippen LogP contribution in [0.5, 0.6) is 5.75 Å². The molecule has 52 heavy (non-hydrogen) atoms.